The van der Waals surface area contributed by atoms with Crippen molar-refractivity contribution in [3.63, 3.8) is 0 Å². The second kappa shape index (κ2) is 6.65. The topological polar surface area (TPSA) is 76.0 Å². The molecule has 0 radical (unpaired) electrons. The molecule has 0 saturated carbocycles. The van der Waals surface area contributed by atoms with Crippen molar-refractivity contribution in [3.8, 4) is 11.1 Å². The van der Waals surface area contributed by atoms with Gasteiger partial charge in [0.2, 0.25) is 11.8 Å². The van der Waals surface area contributed by atoms with Crippen LogP contribution in [0.5, 0.6) is 0 Å². The van der Waals surface area contributed by atoms with Gasteiger partial charge in [-0.05, 0) is 17.7 Å². The Kier molecular flexibility index (Phi) is 4.18. The van der Waals surface area contributed by atoms with Crippen molar-refractivity contribution in [1.29, 1.82) is 0 Å². The van der Waals surface area contributed by atoms with Crippen LogP contribution in [0.15, 0.2) is 60.8 Å². The molecule has 2 aromatic carbocycles. The second-order valence-electron chi connectivity index (χ2n) is 5.95. The third-order valence-corrected chi connectivity index (χ3v) is 4.58. The molecule has 6 nitrogen and oxygen atoms in total. The number of carbonyl (C=O) groups is 2. The van der Waals surface area contributed by atoms with Crippen molar-refractivity contribution in [2.24, 2.45) is 0 Å². The number of aromatic nitrogens is 2. The highest BCUT2D eigenvalue weighted by molar-refractivity contribution is 6.33. The lowest BCUT2D eigenvalue weighted by atomic mass is 10.1. The zero-order valence-electron chi connectivity index (χ0n) is 13.6. The van der Waals surface area contributed by atoms with Crippen molar-refractivity contribution < 1.29 is 9.59 Å². The average molecular weight is 367 g/mol. The Bertz CT molecular complexity index is 984. The first-order valence-corrected chi connectivity index (χ1v) is 8.49. The van der Waals surface area contributed by atoms with Crippen molar-refractivity contribution >= 4 is 34.9 Å². The average Bonchev–Trinajstić information content (AvgIpc) is 3.07. The van der Waals surface area contributed by atoms with Crippen LogP contribution < -0.4 is 10.6 Å². The molecule has 1 aliphatic heterocycles. The van der Waals surface area contributed by atoms with E-state index in [0.717, 1.165) is 11.1 Å². The van der Waals surface area contributed by atoms with E-state index in [9.17, 15) is 9.59 Å². The van der Waals surface area contributed by atoms with Gasteiger partial charge < -0.3 is 10.6 Å². The summed E-state index contributed by atoms with van der Waals surface area (Å²) >= 11 is 6.10. The van der Waals surface area contributed by atoms with Crippen LogP contribution in [0.2, 0.25) is 5.02 Å². The zero-order chi connectivity index (χ0) is 18.1. The van der Waals surface area contributed by atoms with E-state index in [1.54, 1.807) is 35.1 Å². The van der Waals surface area contributed by atoms with E-state index in [1.165, 1.54) is 0 Å². The maximum atomic E-state index is 12.8. The number of nitrogens with one attached hydrogen (secondary N) is 2. The molecule has 0 spiro atoms. The number of carbonyl (C=O) groups excluding carboxylic acids is 2. The Morgan fingerprint density at radius 3 is 2.65 bits per heavy atom. The quantitative estimate of drug-likeness (QED) is 0.741. The number of nitrogens with zero attached hydrogens (tertiary/aromatic N) is 2. The molecular formula is C19H15ClN4O2. The summed E-state index contributed by atoms with van der Waals surface area (Å²) in [6, 6.07) is 15.8. The Labute approximate surface area is 154 Å². The second-order valence-corrected chi connectivity index (χ2v) is 6.36. The Hall–Kier alpha value is -3.12. The van der Waals surface area contributed by atoms with Crippen LogP contribution in [0.1, 0.15) is 12.5 Å². The lowest BCUT2D eigenvalue weighted by molar-refractivity contribution is -0.125. The van der Waals surface area contributed by atoms with Gasteiger partial charge in [-0.3, -0.25) is 9.59 Å². The van der Waals surface area contributed by atoms with Crippen LogP contribution in [0, 0.1) is 0 Å². The predicted octanol–water partition coefficient (Wildman–Crippen LogP) is 3.73. The van der Waals surface area contributed by atoms with Gasteiger partial charge in [0.05, 0.1) is 23.3 Å². The minimum absolute atomic E-state index is 0.0131. The van der Waals surface area contributed by atoms with Crippen LogP contribution in [-0.4, -0.2) is 21.6 Å². The molecule has 0 saturated heterocycles. The monoisotopic (exact) mass is 366 g/mol. The largest absolute Gasteiger partial charge is 0.323 e. The van der Waals surface area contributed by atoms with E-state index < -0.39 is 6.04 Å². The minimum atomic E-state index is -0.743. The molecule has 7 heteroatoms. The number of amides is 2. The molecule has 0 bridgehead atoms. The summed E-state index contributed by atoms with van der Waals surface area (Å²) in [7, 11) is 0. The van der Waals surface area contributed by atoms with Gasteiger partial charge in [-0.25, -0.2) is 4.68 Å². The molecule has 4 rings (SSSR count). The summed E-state index contributed by atoms with van der Waals surface area (Å²) in [5.41, 5.74) is 2.19. The molecule has 0 aliphatic carbocycles. The van der Waals surface area contributed by atoms with Crippen molar-refractivity contribution in [1.82, 2.24) is 9.78 Å². The van der Waals surface area contributed by atoms with Crippen LogP contribution in [0.25, 0.3) is 11.1 Å². The van der Waals surface area contributed by atoms with Gasteiger partial charge >= 0.3 is 0 Å². The van der Waals surface area contributed by atoms with Crippen molar-refractivity contribution in [3.05, 3.63) is 65.8 Å². The fourth-order valence-electron chi connectivity index (χ4n) is 2.98. The molecule has 1 aromatic heterocycles. The third-order valence-electron chi connectivity index (χ3n) is 4.25. The van der Waals surface area contributed by atoms with E-state index >= 15 is 0 Å². The van der Waals surface area contributed by atoms with Gasteiger partial charge in [-0.1, -0.05) is 54.1 Å². The Balaban J connectivity index is 1.68. The number of benzene rings is 2. The number of hydrogen-bond acceptors (Lipinski definition) is 3. The highest BCUT2D eigenvalue weighted by Crippen LogP contribution is 2.34. The smallest absolute Gasteiger partial charge is 0.249 e. The van der Waals surface area contributed by atoms with E-state index in [2.05, 4.69) is 15.7 Å². The summed E-state index contributed by atoms with van der Waals surface area (Å²) in [5.74, 6) is -0.0434. The SMILES string of the molecule is O=C1CC(C(=O)Nc2ccccc2Cl)n2ncc(-c3ccccc3)c2N1. The molecule has 0 fully saturated rings. The fourth-order valence-corrected chi connectivity index (χ4v) is 3.16. The van der Waals surface area contributed by atoms with Crippen LogP contribution in [0.4, 0.5) is 11.5 Å². The number of para-hydroxylation sites is 1. The molecule has 2 amide bonds. The van der Waals surface area contributed by atoms with Crippen molar-refractivity contribution in [2.45, 2.75) is 12.5 Å². The van der Waals surface area contributed by atoms with Gasteiger partial charge in [-0.2, -0.15) is 5.10 Å². The molecule has 26 heavy (non-hydrogen) atoms. The Morgan fingerprint density at radius 2 is 1.88 bits per heavy atom. The predicted molar refractivity (Wildman–Crippen MR) is 100 cm³/mol. The van der Waals surface area contributed by atoms with Crippen LogP contribution in [0.3, 0.4) is 0 Å². The number of hydrogen-bond donors (Lipinski definition) is 2. The lowest BCUT2D eigenvalue weighted by Gasteiger charge is -2.24. The van der Waals surface area contributed by atoms with Crippen LogP contribution >= 0.6 is 11.6 Å². The van der Waals surface area contributed by atoms with E-state index in [0.29, 0.717) is 16.5 Å². The van der Waals surface area contributed by atoms with Crippen molar-refractivity contribution in [2.75, 3.05) is 10.6 Å². The first-order valence-electron chi connectivity index (χ1n) is 8.11. The van der Waals surface area contributed by atoms with Gasteiger partial charge in [0.25, 0.3) is 0 Å². The third kappa shape index (κ3) is 2.95. The summed E-state index contributed by atoms with van der Waals surface area (Å²) in [5, 5.41) is 10.4. The summed E-state index contributed by atoms with van der Waals surface area (Å²) < 4.78 is 1.55. The summed E-state index contributed by atoms with van der Waals surface area (Å²) in [6.07, 6.45) is 1.67. The first kappa shape index (κ1) is 16.4. The molecule has 130 valence electrons. The van der Waals surface area contributed by atoms with E-state index in [1.807, 2.05) is 30.3 Å². The lowest BCUT2D eigenvalue weighted by Crippen LogP contribution is -2.35. The molecule has 2 N–H and O–H groups in total. The highest BCUT2D eigenvalue weighted by atomic mass is 35.5. The fraction of sp³-hybridized carbons (Fsp3) is 0.105. The molecule has 2 heterocycles. The molecule has 1 aliphatic rings. The maximum absolute atomic E-state index is 12.8. The van der Waals surface area contributed by atoms with Gasteiger partial charge in [0.1, 0.15) is 11.9 Å². The van der Waals surface area contributed by atoms with E-state index in [-0.39, 0.29) is 18.2 Å². The van der Waals surface area contributed by atoms with Gasteiger partial charge in [0, 0.05) is 5.56 Å². The van der Waals surface area contributed by atoms with E-state index in [4.69, 9.17) is 11.6 Å². The normalized spacial score (nSPS) is 15.9. The standard InChI is InChI=1S/C19H15ClN4O2/c20-14-8-4-5-9-15(14)22-19(26)16-10-17(25)23-18-13(11-21-24(16)18)12-6-2-1-3-7-12/h1-9,11,16H,10H2,(H,22,26)(H,23,25). The maximum Gasteiger partial charge on any atom is 0.249 e. The molecule has 3 aromatic rings. The minimum Gasteiger partial charge on any atom is -0.323 e. The molecule has 1 atom stereocenters. The highest BCUT2D eigenvalue weighted by Gasteiger charge is 2.33. The molecule has 1 unspecified atom stereocenters. The number of halogens is 1. The van der Waals surface area contributed by atoms with Gasteiger partial charge in [0.15, 0.2) is 0 Å². The first-order chi connectivity index (χ1) is 12.6. The van der Waals surface area contributed by atoms with Gasteiger partial charge in [-0.15, -0.1) is 0 Å². The number of anilines is 2. The number of rotatable bonds is 3. The summed E-state index contributed by atoms with van der Waals surface area (Å²) in [4.78, 5) is 24.9. The number of fused-ring (bicyclic) bond motifs is 1. The van der Waals surface area contributed by atoms with Crippen LogP contribution in [-0.2, 0) is 9.59 Å². The zero-order valence-corrected chi connectivity index (χ0v) is 14.4. The Morgan fingerprint density at radius 1 is 1.15 bits per heavy atom. The summed E-state index contributed by atoms with van der Waals surface area (Å²) in [6.45, 7) is 0. The molecular weight excluding hydrogens is 352 g/mol.